The summed E-state index contributed by atoms with van der Waals surface area (Å²) in [4.78, 5) is 3.76. The maximum absolute atomic E-state index is 13.1. The number of pyridine rings is 1. The molecule has 5 heteroatoms. The molecule has 0 aliphatic heterocycles. The van der Waals surface area contributed by atoms with E-state index in [2.05, 4.69) is 24.1 Å². The lowest BCUT2D eigenvalue weighted by Gasteiger charge is -2.39. The number of hydrogen-bond acceptors (Lipinski definition) is 4. The fraction of sp³-hybridized carbons (Fsp3) is 0.688. The van der Waals surface area contributed by atoms with Crippen molar-refractivity contribution in [2.24, 2.45) is 5.92 Å². The number of aliphatic hydroxyl groups is 2. The van der Waals surface area contributed by atoms with E-state index in [4.69, 9.17) is 0 Å². The van der Waals surface area contributed by atoms with Crippen LogP contribution in [0.1, 0.15) is 51.2 Å². The highest BCUT2D eigenvalue weighted by Gasteiger charge is 2.32. The van der Waals surface area contributed by atoms with Crippen molar-refractivity contribution in [3.8, 4) is 0 Å². The third-order valence-electron chi connectivity index (χ3n) is 4.58. The molecule has 1 aliphatic carbocycles. The molecule has 0 unspecified atom stereocenters. The molecule has 0 amide bonds. The second-order valence-corrected chi connectivity index (χ2v) is 6.56. The van der Waals surface area contributed by atoms with Gasteiger partial charge < -0.3 is 15.5 Å². The van der Waals surface area contributed by atoms with E-state index >= 15 is 0 Å². The van der Waals surface area contributed by atoms with E-state index in [9.17, 15) is 14.6 Å². The standard InChI is InChI=1S/C16H25FN2O2/c1-16(2,12-3-5-14(20)6-4-12)19-10-15(21)11-7-13(17)9-18-8-11/h7-9,12,14-15,19-21H,3-6,10H2,1-2H3/t12?,14?,15-/m0/s1. The molecule has 1 saturated carbocycles. The molecule has 0 spiro atoms. The average molecular weight is 296 g/mol. The molecule has 118 valence electrons. The Morgan fingerprint density at radius 2 is 2.00 bits per heavy atom. The van der Waals surface area contributed by atoms with Gasteiger partial charge >= 0.3 is 0 Å². The van der Waals surface area contributed by atoms with Gasteiger partial charge in [0.2, 0.25) is 0 Å². The van der Waals surface area contributed by atoms with Crippen LogP contribution < -0.4 is 5.32 Å². The summed E-state index contributed by atoms with van der Waals surface area (Å²) in [6.45, 7) is 4.59. The first-order valence-electron chi connectivity index (χ1n) is 7.60. The van der Waals surface area contributed by atoms with Crippen LogP contribution in [0, 0.1) is 11.7 Å². The molecule has 0 radical (unpaired) electrons. The van der Waals surface area contributed by atoms with Gasteiger partial charge in [-0.25, -0.2) is 4.39 Å². The van der Waals surface area contributed by atoms with Crippen LogP contribution in [0.15, 0.2) is 18.5 Å². The van der Waals surface area contributed by atoms with Crippen LogP contribution in [0.4, 0.5) is 4.39 Å². The number of hydrogen-bond donors (Lipinski definition) is 3. The molecule has 0 bridgehead atoms. The lowest BCUT2D eigenvalue weighted by molar-refractivity contribution is 0.0734. The monoisotopic (exact) mass is 296 g/mol. The molecular formula is C16H25FN2O2. The second kappa shape index (κ2) is 6.81. The Morgan fingerprint density at radius 3 is 2.62 bits per heavy atom. The molecule has 21 heavy (non-hydrogen) atoms. The number of aliphatic hydroxyl groups excluding tert-OH is 2. The average Bonchev–Trinajstić information content (AvgIpc) is 2.45. The number of nitrogens with zero attached hydrogens (tertiary/aromatic N) is 1. The molecule has 1 aliphatic rings. The summed E-state index contributed by atoms with van der Waals surface area (Å²) in [5.74, 6) is 0.0332. The zero-order chi connectivity index (χ0) is 15.5. The van der Waals surface area contributed by atoms with Crippen LogP contribution in [0.2, 0.25) is 0 Å². The summed E-state index contributed by atoms with van der Waals surface area (Å²) in [6.07, 6.45) is 5.32. The van der Waals surface area contributed by atoms with E-state index in [0.717, 1.165) is 31.9 Å². The first-order valence-corrected chi connectivity index (χ1v) is 7.60. The Bertz CT molecular complexity index is 459. The Balaban J connectivity index is 1.89. The number of aromatic nitrogens is 1. The molecule has 1 heterocycles. The number of rotatable bonds is 5. The lowest BCUT2D eigenvalue weighted by Crippen LogP contribution is -2.49. The lowest BCUT2D eigenvalue weighted by atomic mass is 9.76. The maximum Gasteiger partial charge on any atom is 0.141 e. The smallest absolute Gasteiger partial charge is 0.141 e. The zero-order valence-electron chi connectivity index (χ0n) is 12.7. The molecule has 1 aromatic rings. The molecule has 2 rings (SSSR count). The highest BCUT2D eigenvalue weighted by molar-refractivity contribution is 5.13. The molecule has 0 aromatic carbocycles. The minimum Gasteiger partial charge on any atom is -0.393 e. The topological polar surface area (TPSA) is 65.4 Å². The highest BCUT2D eigenvalue weighted by Crippen LogP contribution is 2.32. The fourth-order valence-electron chi connectivity index (χ4n) is 3.03. The van der Waals surface area contributed by atoms with Gasteiger partial charge in [-0.2, -0.15) is 0 Å². The van der Waals surface area contributed by atoms with Gasteiger partial charge in [-0.3, -0.25) is 4.98 Å². The van der Waals surface area contributed by atoms with Crippen molar-refractivity contribution in [1.29, 1.82) is 0 Å². The highest BCUT2D eigenvalue weighted by atomic mass is 19.1. The Kier molecular flexibility index (Phi) is 5.30. The van der Waals surface area contributed by atoms with Gasteiger partial charge in [-0.15, -0.1) is 0 Å². The third-order valence-corrected chi connectivity index (χ3v) is 4.58. The molecule has 3 N–H and O–H groups in total. The predicted octanol–water partition coefficient (Wildman–Crippen LogP) is 2.17. The van der Waals surface area contributed by atoms with Crippen molar-refractivity contribution >= 4 is 0 Å². The van der Waals surface area contributed by atoms with Crippen LogP contribution in [0.5, 0.6) is 0 Å². The van der Waals surface area contributed by atoms with E-state index in [1.54, 1.807) is 0 Å². The zero-order valence-corrected chi connectivity index (χ0v) is 12.7. The van der Waals surface area contributed by atoms with E-state index < -0.39 is 11.9 Å². The molecule has 4 nitrogen and oxygen atoms in total. The molecule has 1 aromatic heterocycles. The fourth-order valence-corrected chi connectivity index (χ4v) is 3.03. The van der Waals surface area contributed by atoms with Gasteiger partial charge in [0.25, 0.3) is 0 Å². The number of β-amino-alcohol motifs (C(OH)–C–C–N with tert-alkyl or cyclic N) is 1. The summed E-state index contributed by atoms with van der Waals surface area (Å²) in [6, 6.07) is 1.31. The van der Waals surface area contributed by atoms with Crippen LogP contribution in [0.25, 0.3) is 0 Å². The van der Waals surface area contributed by atoms with Crippen molar-refractivity contribution in [1.82, 2.24) is 10.3 Å². The summed E-state index contributed by atoms with van der Waals surface area (Å²) in [7, 11) is 0. The van der Waals surface area contributed by atoms with Crippen molar-refractivity contribution < 1.29 is 14.6 Å². The Labute approximate surface area is 125 Å². The quantitative estimate of drug-likeness (QED) is 0.779. The largest absolute Gasteiger partial charge is 0.393 e. The van der Waals surface area contributed by atoms with Gasteiger partial charge in [-0.05, 0) is 51.5 Å². The van der Waals surface area contributed by atoms with E-state index in [1.165, 1.54) is 12.3 Å². The SMILES string of the molecule is CC(C)(NC[C@H](O)c1cncc(F)c1)C1CCC(O)CC1. The van der Waals surface area contributed by atoms with Crippen LogP contribution >= 0.6 is 0 Å². The number of halogens is 1. The van der Waals surface area contributed by atoms with Crippen molar-refractivity contribution in [3.05, 3.63) is 29.8 Å². The second-order valence-electron chi connectivity index (χ2n) is 6.56. The summed E-state index contributed by atoms with van der Waals surface area (Å²) in [5, 5.41) is 23.1. The van der Waals surface area contributed by atoms with E-state index in [-0.39, 0.29) is 11.6 Å². The van der Waals surface area contributed by atoms with E-state index in [1.807, 2.05) is 0 Å². The van der Waals surface area contributed by atoms with Crippen LogP contribution in [-0.2, 0) is 0 Å². The normalized spacial score (nSPS) is 24.8. The summed E-state index contributed by atoms with van der Waals surface area (Å²) < 4.78 is 13.1. The maximum atomic E-state index is 13.1. The minimum atomic E-state index is -0.776. The van der Waals surface area contributed by atoms with Gasteiger partial charge in [0.15, 0.2) is 0 Å². The van der Waals surface area contributed by atoms with Gasteiger partial charge in [-0.1, -0.05) is 0 Å². The van der Waals surface area contributed by atoms with Gasteiger partial charge in [0.05, 0.1) is 18.4 Å². The summed E-state index contributed by atoms with van der Waals surface area (Å²) >= 11 is 0. The van der Waals surface area contributed by atoms with Crippen molar-refractivity contribution in [2.45, 2.75) is 57.3 Å². The van der Waals surface area contributed by atoms with Gasteiger partial charge in [0.1, 0.15) is 5.82 Å². The Morgan fingerprint density at radius 1 is 1.33 bits per heavy atom. The minimum absolute atomic E-state index is 0.123. The molecule has 1 fully saturated rings. The van der Waals surface area contributed by atoms with Crippen molar-refractivity contribution in [3.63, 3.8) is 0 Å². The first-order chi connectivity index (χ1) is 9.88. The van der Waals surface area contributed by atoms with Crippen LogP contribution in [0.3, 0.4) is 0 Å². The van der Waals surface area contributed by atoms with E-state index in [0.29, 0.717) is 18.0 Å². The molecular weight excluding hydrogens is 271 g/mol. The molecule has 0 saturated heterocycles. The van der Waals surface area contributed by atoms with Gasteiger partial charge in [0, 0.05) is 23.8 Å². The predicted molar refractivity (Wildman–Crippen MR) is 79.2 cm³/mol. The summed E-state index contributed by atoms with van der Waals surface area (Å²) in [5.41, 5.74) is 0.361. The van der Waals surface area contributed by atoms with Crippen molar-refractivity contribution in [2.75, 3.05) is 6.54 Å². The van der Waals surface area contributed by atoms with Crippen LogP contribution in [-0.4, -0.2) is 33.4 Å². The Hall–Kier alpha value is -1.04. The molecule has 1 atom stereocenters. The first kappa shape index (κ1) is 16.3. The third kappa shape index (κ3) is 4.46. The number of nitrogens with one attached hydrogen (secondary N) is 1.